The van der Waals surface area contributed by atoms with Gasteiger partial charge in [-0.3, -0.25) is 4.79 Å². The molecular formula is C12H16Cl2N2OS. The summed E-state index contributed by atoms with van der Waals surface area (Å²) in [6.45, 7) is 2.02. The smallest absolute Gasteiger partial charge is 0.253 e. The van der Waals surface area contributed by atoms with Crippen molar-refractivity contribution in [2.45, 2.75) is 19.4 Å². The number of nitrogens with one attached hydrogen (secondary N) is 1. The molecule has 6 heteroatoms. The first kappa shape index (κ1) is 15.5. The number of hydrogen-bond donors (Lipinski definition) is 2. The second-order valence-corrected chi connectivity index (χ2v) is 5.59. The van der Waals surface area contributed by atoms with E-state index in [-0.39, 0.29) is 17.0 Å². The predicted molar refractivity (Wildman–Crippen MR) is 80.8 cm³/mol. The normalized spacial score (nSPS) is 12.2. The molecule has 3 nitrogen and oxygen atoms in total. The highest BCUT2D eigenvalue weighted by atomic mass is 35.5. The number of amides is 1. The summed E-state index contributed by atoms with van der Waals surface area (Å²) in [4.78, 5) is 12.1. The minimum atomic E-state index is -0.241. The highest BCUT2D eigenvalue weighted by Crippen LogP contribution is 2.28. The minimum Gasteiger partial charge on any atom is -0.399 e. The van der Waals surface area contributed by atoms with Gasteiger partial charge in [0.1, 0.15) is 0 Å². The number of carbonyl (C=O) groups excluding carboxylic acids is 1. The molecule has 1 aromatic rings. The number of rotatable bonds is 5. The van der Waals surface area contributed by atoms with Gasteiger partial charge in [-0.25, -0.2) is 0 Å². The first-order valence-electron chi connectivity index (χ1n) is 5.53. The molecule has 1 atom stereocenters. The van der Waals surface area contributed by atoms with Gasteiger partial charge in [0, 0.05) is 17.5 Å². The molecule has 0 aliphatic carbocycles. The minimum absolute atomic E-state index is 0.115. The van der Waals surface area contributed by atoms with Crippen LogP contribution in [0.15, 0.2) is 12.1 Å². The Morgan fingerprint density at radius 2 is 2.17 bits per heavy atom. The third-order valence-corrected chi connectivity index (χ3v) is 4.03. The fraction of sp³-hybridized carbons (Fsp3) is 0.417. The van der Waals surface area contributed by atoms with E-state index in [1.807, 2.05) is 13.2 Å². The van der Waals surface area contributed by atoms with Gasteiger partial charge >= 0.3 is 0 Å². The molecule has 0 aliphatic heterocycles. The lowest BCUT2D eigenvalue weighted by Gasteiger charge is -2.16. The van der Waals surface area contributed by atoms with E-state index in [0.717, 1.165) is 12.2 Å². The Balaban J connectivity index is 2.90. The molecule has 100 valence electrons. The van der Waals surface area contributed by atoms with Crippen molar-refractivity contribution in [2.75, 3.05) is 17.7 Å². The lowest BCUT2D eigenvalue weighted by atomic mass is 10.1. The number of carbonyl (C=O) groups is 1. The first-order chi connectivity index (χ1) is 8.49. The summed E-state index contributed by atoms with van der Waals surface area (Å²) in [5.74, 6) is 0.616. The summed E-state index contributed by atoms with van der Waals surface area (Å²) < 4.78 is 0. The Morgan fingerprint density at radius 3 is 2.72 bits per heavy atom. The molecule has 0 aliphatic rings. The Bertz CT molecular complexity index is 440. The standard InChI is InChI=1S/C12H16Cl2N2OS/c1-3-8(6-18-2)16-12(17)9-4-7(15)5-10(13)11(9)14/h4-5,8H,3,6,15H2,1-2H3,(H,16,17). The maximum absolute atomic E-state index is 12.1. The van der Waals surface area contributed by atoms with E-state index < -0.39 is 0 Å². The van der Waals surface area contributed by atoms with Gasteiger partial charge in [0.15, 0.2) is 0 Å². The molecule has 0 saturated heterocycles. The second kappa shape index (κ2) is 7.12. The van der Waals surface area contributed by atoms with Crippen LogP contribution in [0.4, 0.5) is 5.69 Å². The summed E-state index contributed by atoms with van der Waals surface area (Å²) in [6.07, 6.45) is 2.86. The van der Waals surface area contributed by atoms with Crippen LogP contribution < -0.4 is 11.1 Å². The summed E-state index contributed by atoms with van der Waals surface area (Å²) in [7, 11) is 0. The van der Waals surface area contributed by atoms with Gasteiger partial charge < -0.3 is 11.1 Å². The highest BCUT2D eigenvalue weighted by molar-refractivity contribution is 7.98. The molecule has 1 amide bonds. The maximum Gasteiger partial charge on any atom is 0.253 e. The molecule has 0 heterocycles. The third kappa shape index (κ3) is 3.97. The van der Waals surface area contributed by atoms with Gasteiger partial charge in [-0.2, -0.15) is 11.8 Å². The zero-order chi connectivity index (χ0) is 13.7. The molecule has 0 spiro atoms. The Kier molecular flexibility index (Phi) is 6.12. The van der Waals surface area contributed by atoms with Gasteiger partial charge in [0.2, 0.25) is 0 Å². The van der Waals surface area contributed by atoms with Crippen LogP contribution in [0.5, 0.6) is 0 Å². The van der Waals surface area contributed by atoms with Gasteiger partial charge in [0.25, 0.3) is 5.91 Å². The van der Waals surface area contributed by atoms with Crippen molar-refractivity contribution in [3.05, 3.63) is 27.7 Å². The summed E-state index contributed by atoms with van der Waals surface area (Å²) >= 11 is 13.6. The molecule has 0 radical (unpaired) electrons. The fourth-order valence-corrected chi connectivity index (χ4v) is 2.65. The van der Waals surface area contributed by atoms with Crippen LogP contribution in [-0.2, 0) is 0 Å². The SMILES string of the molecule is CCC(CSC)NC(=O)c1cc(N)cc(Cl)c1Cl. The van der Waals surface area contributed by atoms with Gasteiger partial charge in [-0.15, -0.1) is 0 Å². The van der Waals surface area contributed by atoms with Crippen LogP contribution >= 0.6 is 35.0 Å². The molecule has 0 saturated carbocycles. The Morgan fingerprint density at radius 1 is 1.50 bits per heavy atom. The van der Waals surface area contributed by atoms with Crippen molar-refractivity contribution < 1.29 is 4.79 Å². The lowest BCUT2D eigenvalue weighted by Crippen LogP contribution is -2.36. The number of thioether (sulfide) groups is 1. The number of anilines is 1. The summed E-state index contributed by atoms with van der Waals surface area (Å²) in [5.41, 5.74) is 6.41. The van der Waals surface area contributed by atoms with Crippen molar-refractivity contribution in [1.29, 1.82) is 0 Å². The molecule has 0 bridgehead atoms. The van der Waals surface area contributed by atoms with E-state index in [0.29, 0.717) is 16.3 Å². The quantitative estimate of drug-likeness (QED) is 0.819. The van der Waals surface area contributed by atoms with E-state index in [4.69, 9.17) is 28.9 Å². The molecule has 0 aromatic heterocycles. The van der Waals surface area contributed by atoms with E-state index in [1.165, 1.54) is 12.1 Å². The van der Waals surface area contributed by atoms with E-state index >= 15 is 0 Å². The van der Waals surface area contributed by atoms with Crippen molar-refractivity contribution in [1.82, 2.24) is 5.32 Å². The molecule has 0 fully saturated rings. The summed E-state index contributed by atoms with van der Waals surface area (Å²) in [6, 6.07) is 3.18. The van der Waals surface area contributed by atoms with Gasteiger partial charge in [-0.1, -0.05) is 30.1 Å². The topological polar surface area (TPSA) is 55.1 Å². The Labute approximate surface area is 121 Å². The third-order valence-electron chi connectivity index (χ3n) is 2.49. The highest BCUT2D eigenvalue weighted by Gasteiger charge is 2.17. The van der Waals surface area contributed by atoms with Gasteiger partial charge in [-0.05, 0) is 24.8 Å². The summed E-state index contributed by atoms with van der Waals surface area (Å²) in [5, 5.41) is 3.45. The first-order valence-corrected chi connectivity index (χ1v) is 7.68. The molecule has 1 unspecified atom stereocenters. The van der Waals surface area contributed by atoms with Crippen molar-refractivity contribution in [2.24, 2.45) is 0 Å². The van der Waals surface area contributed by atoms with Crippen molar-refractivity contribution >= 4 is 46.6 Å². The second-order valence-electron chi connectivity index (χ2n) is 3.90. The number of halogens is 2. The monoisotopic (exact) mass is 306 g/mol. The zero-order valence-electron chi connectivity index (χ0n) is 10.3. The van der Waals surface area contributed by atoms with Crippen molar-refractivity contribution in [3.8, 4) is 0 Å². The average Bonchev–Trinajstić information content (AvgIpc) is 2.32. The van der Waals surface area contributed by atoms with Crippen LogP contribution in [0.2, 0.25) is 10.0 Å². The van der Waals surface area contributed by atoms with Gasteiger partial charge in [0.05, 0.1) is 15.6 Å². The Hall–Kier alpha value is -0.580. The molecule has 1 rings (SSSR count). The maximum atomic E-state index is 12.1. The predicted octanol–water partition coefficient (Wildman–Crippen LogP) is 3.45. The molecule has 1 aromatic carbocycles. The van der Waals surface area contributed by atoms with Crippen LogP contribution in [0.25, 0.3) is 0 Å². The van der Waals surface area contributed by atoms with Crippen LogP contribution in [-0.4, -0.2) is 24.0 Å². The fourth-order valence-electron chi connectivity index (χ4n) is 1.50. The largest absolute Gasteiger partial charge is 0.399 e. The molecule has 3 N–H and O–H groups in total. The number of nitrogen functional groups attached to an aromatic ring is 1. The number of nitrogens with two attached hydrogens (primary N) is 1. The number of benzene rings is 1. The molecular weight excluding hydrogens is 291 g/mol. The lowest BCUT2D eigenvalue weighted by molar-refractivity contribution is 0.0940. The van der Waals surface area contributed by atoms with E-state index in [1.54, 1.807) is 11.8 Å². The van der Waals surface area contributed by atoms with E-state index in [2.05, 4.69) is 5.32 Å². The van der Waals surface area contributed by atoms with Crippen LogP contribution in [0, 0.1) is 0 Å². The van der Waals surface area contributed by atoms with Crippen LogP contribution in [0.1, 0.15) is 23.7 Å². The zero-order valence-corrected chi connectivity index (χ0v) is 12.6. The molecule has 18 heavy (non-hydrogen) atoms. The number of hydrogen-bond acceptors (Lipinski definition) is 3. The average molecular weight is 307 g/mol. The van der Waals surface area contributed by atoms with Crippen LogP contribution in [0.3, 0.4) is 0 Å². The van der Waals surface area contributed by atoms with Crippen molar-refractivity contribution in [3.63, 3.8) is 0 Å². The van der Waals surface area contributed by atoms with E-state index in [9.17, 15) is 4.79 Å².